The normalized spacial score (nSPS) is 10.2. The maximum atomic E-state index is 12.1. The highest BCUT2D eigenvalue weighted by molar-refractivity contribution is 5.74. The van der Waals surface area contributed by atoms with Crippen molar-refractivity contribution in [3.63, 3.8) is 0 Å². The molecule has 6 nitrogen and oxygen atoms in total. The fraction of sp³-hybridized carbons (Fsp3) is 0.250. The van der Waals surface area contributed by atoms with Crippen molar-refractivity contribution in [3.8, 4) is 5.69 Å². The number of hydrogen-bond acceptors (Lipinski definition) is 3. The zero-order valence-electron chi connectivity index (χ0n) is 12.4. The summed E-state index contributed by atoms with van der Waals surface area (Å²) in [4.78, 5) is 13.6. The van der Waals surface area contributed by atoms with E-state index in [2.05, 4.69) is 17.0 Å². The van der Waals surface area contributed by atoms with Crippen LogP contribution in [0.15, 0.2) is 55.4 Å². The van der Waals surface area contributed by atoms with E-state index < -0.39 is 0 Å². The van der Waals surface area contributed by atoms with Gasteiger partial charge in [-0.15, -0.1) is 6.58 Å². The lowest BCUT2D eigenvalue weighted by Crippen LogP contribution is -2.41. The lowest BCUT2D eigenvalue weighted by atomic mass is 10.2. The molecule has 1 heterocycles. The summed E-state index contributed by atoms with van der Waals surface area (Å²) >= 11 is 0. The van der Waals surface area contributed by atoms with Gasteiger partial charge in [-0.2, -0.15) is 5.10 Å². The van der Waals surface area contributed by atoms with Gasteiger partial charge in [0.1, 0.15) is 0 Å². The summed E-state index contributed by atoms with van der Waals surface area (Å²) in [5.41, 5.74) is 1.88. The minimum Gasteiger partial charge on any atom is -0.395 e. The van der Waals surface area contributed by atoms with E-state index in [9.17, 15) is 4.79 Å². The Bertz CT molecular complexity index is 610. The van der Waals surface area contributed by atoms with Crippen molar-refractivity contribution in [1.82, 2.24) is 20.0 Å². The van der Waals surface area contributed by atoms with Crippen molar-refractivity contribution in [2.24, 2.45) is 0 Å². The van der Waals surface area contributed by atoms with Gasteiger partial charge in [-0.05, 0) is 17.7 Å². The first kappa shape index (κ1) is 15.8. The zero-order valence-corrected chi connectivity index (χ0v) is 12.4. The maximum absolute atomic E-state index is 12.1. The van der Waals surface area contributed by atoms with Gasteiger partial charge in [-0.3, -0.25) is 0 Å². The number of hydrogen-bond donors (Lipinski definition) is 2. The average Bonchev–Trinajstić information content (AvgIpc) is 3.07. The first-order chi connectivity index (χ1) is 10.8. The smallest absolute Gasteiger partial charge is 0.318 e. The summed E-state index contributed by atoms with van der Waals surface area (Å²) in [7, 11) is 0. The van der Waals surface area contributed by atoms with Gasteiger partial charge in [0.05, 0.1) is 12.3 Å². The van der Waals surface area contributed by atoms with Crippen LogP contribution in [0.2, 0.25) is 0 Å². The molecule has 2 rings (SSSR count). The molecular weight excluding hydrogens is 280 g/mol. The molecule has 22 heavy (non-hydrogen) atoms. The van der Waals surface area contributed by atoms with Crippen LogP contribution in [-0.4, -0.2) is 45.5 Å². The van der Waals surface area contributed by atoms with Crippen LogP contribution in [0.3, 0.4) is 0 Å². The lowest BCUT2D eigenvalue weighted by Gasteiger charge is -2.21. The van der Waals surface area contributed by atoms with E-state index in [1.807, 2.05) is 36.5 Å². The van der Waals surface area contributed by atoms with E-state index >= 15 is 0 Å². The summed E-state index contributed by atoms with van der Waals surface area (Å²) < 4.78 is 1.76. The quantitative estimate of drug-likeness (QED) is 0.762. The number of nitrogens with one attached hydrogen (secondary N) is 1. The van der Waals surface area contributed by atoms with E-state index in [-0.39, 0.29) is 19.2 Å². The number of aliphatic hydroxyl groups is 1. The van der Waals surface area contributed by atoms with Crippen LogP contribution in [0.25, 0.3) is 5.69 Å². The second kappa shape index (κ2) is 7.99. The van der Waals surface area contributed by atoms with Crippen LogP contribution in [0.1, 0.15) is 5.56 Å². The number of amides is 2. The van der Waals surface area contributed by atoms with E-state index in [0.717, 1.165) is 11.3 Å². The SMILES string of the molecule is C=CCN(CCO)C(=O)NCc1ccccc1-n1cccn1. The topological polar surface area (TPSA) is 70.4 Å². The number of aromatic nitrogens is 2. The molecule has 0 saturated heterocycles. The second-order valence-corrected chi connectivity index (χ2v) is 4.70. The van der Waals surface area contributed by atoms with Gasteiger partial charge in [0.15, 0.2) is 0 Å². The molecule has 2 N–H and O–H groups in total. The van der Waals surface area contributed by atoms with Crippen molar-refractivity contribution in [2.45, 2.75) is 6.54 Å². The maximum Gasteiger partial charge on any atom is 0.318 e. The summed E-state index contributed by atoms with van der Waals surface area (Å²) in [6.07, 6.45) is 5.20. The molecule has 116 valence electrons. The summed E-state index contributed by atoms with van der Waals surface area (Å²) in [6.45, 7) is 4.59. The molecule has 0 atom stereocenters. The molecule has 0 unspecified atom stereocenters. The summed E-state index contributed by atoms with van der Waals surface area (Å²) in [5.74, 6) is 0. The van der Waals surface area contributed by atoms with Crippen molar-refractivity contribution in [3.05, 3.63) is 60.9 Å². The second-order valence-electron chi connectivity index (χ2n) is 4.70. The number of rotatable bonds is 7. The third-order valence-corrected chi connectivity index (χ3v) is 3.18. The van der Waals surface area contributed by atoms with Crippen LogP contribution in [0.5, 0.6) is 0 Å². The van der Waals surface area contributed by atoms with Gasteiger partial charge < -0.3 is 15.3 Å². The predicted octanol–water partition coefficient (Wildman–Crippen LogP) is 1.56. The van der Waals surface area contributed by atoms with Crippen LogP contribution in [0.4, 0.5) is 4.79 Å². The average molecular weight is 300 g/mol. The molecular formula is C16H20N4O2. The molecule has 2 aromatic rings. The Morgan fingerprint density at radius 2 is 2.23 bits per heavy atom. The number of urea groups is 1. The van der Waals surface area contributed by atoms with Crippen LogP contribution < -0.4 is 5.32 Å². The molecule has 0 fully saturated rings. The van der Waals surface area contributed by atoms with E-state index in [1.165, 1.54) is 4.90 Å². The highest BCUT2D eigenvalue weighted by Gasteiger charge is 2.12. The van der Waals surface area contributed by atoms with Crippen molar-refractivity contribution < 1.29 is 9.90 Å². The highest BCUT2D eigenvalue weighted by Crippen LogP contribution is 2.13. The standard InChI is InChI=1S/C16H20N4O2/c1-2-9-19(11-12-21)16(22)17-13-14-6-3-4-7-15(14)20-10-5-8-18-20/h2-8,10,21H,1,9,11-13H2,(H,17,22). The fourth-order valence-corrected chi connectivity index (χ4v) is 2.13. The Morgan fingerprint density at radius 1 is 1.41 bits per heavy atom. The summed E-state index contributed by atoms with van der Waals surface area (Å²) in [6, 6.07) is 9.36. The summed E-state index contributed by atoms with van der Waals surface area (Å²) in [5, 5.41) is 16.1. The van der Waals surface area contributed by atoms with E-state index in [0.29, 0.717) is 13.1 Å². The minimum atomic E-state index is -0.232. The van der Waals surface area contributed by atoms with Gasteiger partial charge in [-0.1, -0.05) is 24.3 Å². The number of carbonyl (C=O) groups is 1. The highest BCUT2D eigenvalue weighted by atomic mass is 16.3. The predicted molar refractivity (Wildman–Crippen MR) is 84.7 cm³/mol. The van der Waals surface area contributed by atoms with Gasteiger partial charge in [0.2, 0.25) is 0 Å². The van der Waals surface area contributed by atoms with Crippen molar-refractivity contribution in [2.75, 3.05) is 19.7 Å². The Balaban J connectivity index is 2.05. The third kappa shape index (κ3) is 3.95. The lowest BCUT2D eigenvalue weighted by molar-refractivity contribution is 0.183. The molecule has 0 spiro atoms. The third-order valence-electron chi connectivity index (χ3n) is 3.18. The number of carbonyl (C=O) groups excluding carboxylic acids is 1. The molecule has 0 saturated carbocycles. The molecule has 1 aromatic heterocycles. The van der Waals surface area contributed by atoms with E-state index in [4.69, 9.17) is 5.11 Å². The molecule has 1 aromatic carbocycles. The zero-order chi connectivity index (χ0) is 15.8. The van der Waals surface area contributed by atoms with Gasteiger partial charge in [0, 0.05) is 32.0 Å². The Kier molecular flexibility index (Phi) is 5.73. The first-order valence-corrected chi connectivity index (χ1v) is 7.08. The van der Waals surface area contributed by atoms with Gasteiger partial charge >= 0.3 is 6.03 Å². The van der Waals surface area contributed by atoms with Crippen molar-refractivity contribution in [1.29, 1.82) is 0 Å². The monoisotopic (exact) mass is 300 g/mol. The number of aliphatic hydroxyl groups excluding tert-OH is 1. The molecule has 0 radical (unpaired) electrons. The van der Waals surface area contributed by atoms with Crippen LogP contribution >= 0.6 is 0 Å². The first-order valence-electron chi connectivity index (χ1n) is 7.08. The molecule has 2 amide bonds. The van der Waals surface area contributed by atoms with Gasteiger partial charge in [0.25, 0.3) is 0 Å². The number of benzene rings is 1. The minimum absolute atomic E-state index is 0.0782. The molecule has 0 aliphatic carbocycles. The molecule has 0 bridgehead atoms. The van der Waals surface area contributed by atoms with Gasteiger partial charge in [-0.25, -0.2) is 9.48 Å². The number of para-hydroxylation sites is 1. The largest absolute Gasteiger partial charge is 0.395 e. The van der Waals surface area contributed by atoms with Crippen LogP contribution in [-0.2, 0) is 6.54 Å². The van der Waals surface area contributed by atoms with E-state index in [1.54, 1.807) is 17.0 Å². The molecule has 0 aliphatic heterocycles. The fourth-order valence-electron chi connectivity index (χ4n) is 2.13. The molecule has 0 aliphatic rings. The Labute approximate surface area is 129 Å². The molecule has 6 heteroatoms. The Hall–Kier alpha value is -2.60. The number of nitrogens with zero attached hydrogens (tertiary/aromatic N) is 3. The van der Waals surface area contributed by atoms with Crippen molar-refractivity contribution >= 4 is 6.03 Å². The van der Waals surface area contributed by atoms with Crippen LogP contribution in [0, 0.1) is 0 Å². The Morgan fingerprint density at radius 3 is 2.91 bits per heavy atom.